The van der Waals surface area contributed by atoms with Crippen molar-refractivity contribution in [3.05, 3.63) is 0 Å². The van der Waals surface area contributed by atoms with Crippen LogP contribution in [0.3, 0.4) is 0 Å². The minimum Gasteiger partial charge on any atom is -0.262 e. The standard InChI is InChI=1S/C8H16N4O2S/c1-5(2)9-7-8(10-6(3)4)12-15(13,14)11-7/h5-6H,1-4H3,(H,9,11)(H,10,12). The second-order valence-corrected chi connectivity index (χ2v) is 5.27. The summed E-state index contributed by atoms with van der Waals surface area (Å²) < 4.78 is 27.1. The molecular formula is C8H16N4O2S. The van der Waals surface area contributed by atoms with Crippen LogP contribution in [0, 0.1) is 0 Å². The van der Waals surface area contributed by atoms with Crippen molar-refractivity contribution in [1.82, 2.24) is 9.44 Å². The van der Waals surface area contributed by atoms with Crippen molar-refractivity contribution in [2.45, 2.75) is 39.8 Å². The van der Waals surface area contributed by atoms with Gasteiger partial charge in [0.05, 0.1) is 0 Å². The maximum atomic E-state index is 11.2. The van der Waals surface area contributed by atoms with Crippen LogP contribution in [-0.4, -0.2) is 32.2 Å². The van der Waals surface area contributed by atoms with Crippen LogP contribution >= 0.6 is 0 Å². The monoisotopic (exact) mass is 232 g/mol. The summed E-state index contributed by atoms with van der Waals surface area (Å²) in [5.74, 6) is 0.581. The van der Waals surface area contributed by atoms with E-state index in [-0.39, 0.29) is 12.1 Å². The van der Waals surface area contributed by atoms with Gasteiger partial charge in [-0.3, -0.25) is 9.98 Å². The summed E-state index contributed by atoms with van der Waals surface area (Å²) in [4.78, 5) is 8.28. The molecule has 2 N–H and O–H groups in total. The maximum absolute atomic E-state index is 11.2. The lowest BCUT2D eigenvalue weighted by molar-refractivity contribution is 0.591. The number of nitrogens with zero attached hydrogens (tertiary/aromatic N) is 2. The summed E-state index contributed by atoms with van der Waals surface area (Å²) in [5, 5.41) is 0. The molecule has 0 atom stereocenters. The average Bonchev–Trinajstić information content (AvgIpc) is 2.22. The molecule has 1 saturated heterocycles. The minimum absolute atomic E-state index is 0.0139. The molecule has 1 aliphatic heterocycles. The molecule has 7 heteroatoms. The van der Waals surface area contributed by atoms with E-state index >= 15 is 0 Å². The molecule has 1 heterocycles. The third-order valence-electron chi connectivity index (χ3n) is 1.46. The Hall–Kier alpha value is -1.11. The lowest BCUT2D eigenvalue weighted by Crippen LogP contribution is -2.25. The van der Waals surface area contributed by atoms with Crippen LogP contribution < -0.4 is 9.44 Å². The number of hydrogen-bond acceptors (Lipinski definition) is 4. The van der Waals surface area contributed by atoms with Crippen LogP contribution in [0.4, 0.5) is 0 Å². The highest BCUT2D eigenvalue weighted by Crippen LogP contribution is 2.00. The first-order valence-electron chi connectivity index (χ1n) is 4.76. The zero-order valence-electron chi connectivity index (χ0n) is 9.27. The van der Waals surface area contributed by atoms with E-state index in [0.29, 0.717) is 11.7 Å². The first-order valence-corrected chi connectivity index (χ1v) is 6.25. The molecule has 86 valence electrons. The van der Waals surface area contributed by atoms with Gasteiger partial charge in [0.15, 0.2) is 11.7 Å². The van der Waals surface area contributed by atoms with Gasteiger partial charge in [-0.2, -0.15) is 8.42 Å². The van der Waals surface area contributed by atoms with E-state index in [4.69, 9.17) is 0 Å². The van der Waals surface area contributed by atoms with E-state index < -0.39 is 10.2 Å². The Bertz CT molecular complexity index is 363. The normalized spacial score (nSPS) is 24.9. The van der Waals surface area contributed by atoms with E-state index in [2.05, 4.69) is 19.4 Å². The predicted molar refractivity (Wildman–Crippen MR) is 60.3 cm³/mol. The van der Waals surface area contributed by atoms with E-state index in [9.17, 15) is 8.42 Å². The van der Waals surface area contributed by atoms with Crippen LogP contribution in [0.2, 0.25) is 0 Å². The van der Waals surface area contributed by atoms with Crippen molar-refractivity contribution in [2.24, 2.45) is 9.98 Å². The summed E-state index contributed by atoms with van der Waals surface area (Å²) >= 11 is 0. The zero-order valence-corrected chi connectivity index (χ0v) is 10.1. The minimum atomic E-state index is -3.50. The van der Waals surface area contributed by atoms with Gasteiger partial charge >= 0.3 is 10.2 Å². The van der Waals surface area contributed by atoms with Gasteiger partial charge in [0.1, 0.15) is 0 Å². The van der Waals surface area contributed by atoms with Crippen LogP contribution in [0.15, 0.2) is 9.98 Å². The first-order chi connectivity index (χ1) is 6.80. The summed E-state index contributed by atoms with van der Waals surface area (Å²) in [5.41, 5.74) is 0. The van der Waals surface area contributed by atoms with Gasteiger partial charge in [-0.15, -0.1) is 0 Å². The fourth-order valence-corrected chi connectivity index (χ4v) is 1.93. The van der Waals surface area contributed by atoms with E-state index in [0.717, 1.165) is 0 Å². The molecule has 0 radical (unpaired) electrons. The van der Waals surface area contributed by atoms with Gasteiger partial charge in [0, 0.05) is 12.1 Å². The van der Waals surface area contributed by atoms with E-state index in [1.807, 2.05) is 27.7 Å². The second kappa shape index (κ2) is 4.18. The fraction of sp³-hybridized carbons (Fsp3) is 0.750. The second-order valence-electron chi connectivity index (χ2n) is 3.85. The van der Waals surface area contributed by atoms with Gasteiger partial charge in [-0.1, -0.05) is 0 Å². The number of rotatable bonds is 2. The van der Waals surface area contributed by atoms with E-state index in [1.165, 1.54) is 0 Å². The van der Waals surface area contributed by atoms with Crippen molar-refractivity contribution in [3.63, 3.8) is 0 Å². The van der Waals surface area contributed by atoms with Crippen LogP contribution in [0.25, 0.3) is 0 Å². The first kappa shape index (κ1) is 12.0. The molecule has 0 aromatic carbocycles. The molecule has 0 unspecified atom stereocenters. The Kier molecular flexibility index (Phi) is 3.33. The van der Waals surface area contributed by atoms with Gasteiger partial charge in [-0.05, 0) is 27.7 Å². The van der Waals surface area contributed by atoms with Gasteiger partial charge in [0.25, 0.3) is 0 Å². The van der Waals surface area contributed by atoms with E-state index in [1.54, 1.807) is 0 Å². The Morgan fingerprint density at radius 2 is 1.27 bits per heavy atom. The van der Waals surface area contributed by atoms with Gasteiger partial charge in [-0.25, -0.2) is 9.44 Å². The van der Waals surface area contributed by atoms with Crippen molar-refractivity contribution in [3.8, 4) is 0 Å². The molecule has 1 fully saturated rings. The Labute approximate surface area is 90.1 Å². The quantitative estimate of drug-likeness (QED) is 0.704. The van der Waals surface area contributed by atoms with Gasteiger partial charge in [0.2, 0.25) is 0 Å². The fourth-order valence-electron chi connectivity index (χ4n) is 1.07. The number of amidine groups is 2. The Balaban J connectivity index is 3.05. The summed E-state index contributed by atoms with van der Waals surface area (Å²) in [7, 11) is -3.50. The number of nitrogens with one attached hydrogen (secondary N) is 2. The lowest BCUT2D eigenvalue weighted by Gasteiger charge is -2.01. The largest absolute Gasteiger partial charge is 0.324 e. The highest BCUT2D eigenvalue weighted by Gasteiger charge is 2.28. The third-order valence-corrected chi connectivity index (χ3v) is 2.39. The Morgan fingerprint density at radius 1 is 0.933 bits per heavy atom. The van der Waals surface area contributed by atoms with Crippen LogP contribution in [0.5, 0.6) is 0 Å². The molecule has 1 rings (SSSR count). The smallest absolute Gasteiger partial charge is 0.262 e. The molecular weight excluding hydrogens is 216 g/mol. The van der Waals surface area contributed by atoms with Crippen molar-refractivity contribution >= 4 is 21.9 Å². The summed E-state index contributed by atoms with van der Waals surface area (Å²) in [6.07, 6.45) is 0. The van der Waals surface area contributed by atoms with Gasteiger partial charge < -0.3 is 0 Å². The lowest BCUT2D eigenvalue weighted by atomic mass is 10.4. The number of hydrogen-bond donors (Lipinski definition) is 2. The van der Waals surface area contributed by atoms with Crippen molar-refractivity contribution in [2.75, 3.05) is 0 Å². The molecule has 0 aromatic heterocycles. The molecule has 1 aliphatic rings. The highest BCUT2D eigenvalue weighted by molar-refractivity contribution is 7.89. The van der Waals surface area contributed by atoms with Crippen molar-refractivity contribution < 1.29 is 8.42 Å². The Morgan fingerprint density at radius 3 is 1.53 bits per heavy atom. The topological polar surface area (TPSA) is 82.9 Å². The van der Waals surface area contributed by atoms with Crippen LogP contribution in [0.1, 0.15) is 27.7 Å². The zero-order chi connectivity index (χ0) is 11.6. The summed E-state index contributed by atoms with van der Waals surface area (Å²) in [6, 6.07) is 0.0277. The molecule has 6 nitrogen and oxygen atoms in total. The van der Waals surface area contributed by atoms with Crippen molar-refractivity contribution in [1.29, 1.82) is 0 Å². The molecule has 15 heavy (non-hydrogen) atoms. The SMILES string of the molecule is CC(C)N=C1NS(=O)(=O)NC1=NC(C)C. The number of aliphatic imine (C=N–C) groups is 2. The molecule has 0 aromatic rings. The maximum Gasteiger partial charge on any atom is 0.324 e. The molecule has 0 amide bonds. The highest BCUT2D eigenvalue weighted by atomic mass is 32.2. The van der Waals surface area contributed by atoms with Crippen LogP contribution in [-0.2, 0) is 10.2 Å². The molecule has 0 spiro atoms. The third kappa shape index (κ3) is 3.50. The molecule has 0 aliphatic carbocycles. The summed E-state index contributed by atoms with van der Waals surface area (Å²) in [6.45, 7) is 7.47. The molecule has 0 bridgehead atoms. The molecule has 0 saturated carbocycles. The average molecular weight is 232 g/mol. The predicted octanol–water partition coefficient (Wildman–Crippen LogP) is 0.0378.